The third-order valence-corrected chi connectivity index (χ3v) is 4.14. The predicted octanol–water partition coefficient (Wildman–Crippen LogP) is 1.49. The molecule has 0 heterocycles. The van der Waals surface area contributed by atoms with E-state index in [1.54, 1.807) is 39.0 Å². The van der Waals surface area contributed by atoms with Gasteiger partial charge < -0.3 is 10.1 Å². The zero-order valence-electron chi connectivity index (χ0n) is 12.1. The normalized spacial score (nSPS) is 12.5. The molecular weight excluding hydrogens is 264 g/mol. The van der Waals surface area contributed by atoms with Crippen LogP contribution >= 0.6 is 0 Å². The number of methoxy groups -OCH3 is 1. The van der Waals surface area contributed by atoms with Gasteiger partial charge in [-0.15, -0.1) is 0 Å². The summed E-state index contributed by atoms with van der Waals surface area (Å²) in [6.07, 6.45) is 0. The Bertz CT molecular complexity index is 533. The van der Waals surface area contributed by atoms with Crippen molar-refractivity contribution in [2.45, 2.75) is 37.8 Å². The summed E-state index contributed by atoms with van der Waals surface area (Å²) >= 11 is 0. The highest BCUT2D eigenvalue weighted by Gasteiger charge is 2.25. The fourth-order valence-corrected chi connectivity index (χ4v) is 3.28. The van der Waals surface area contributed by atoms with E-state index < -0.39 is 15.6 Å². The molecule has 0 aliphatic rings. The topological polar surface area (TPSA) is 67.4 Å². The van der Waals surface area contributed by atoms with Gasteiger partial charge in [-0.2, -0.15) is 0 Å². The summed E-state index contributed by atoms with van der Waals surface area (Å²) in [5.41, 5.74) is 0.432. The van der Waals surface area contributed by atoms with Gasteiger partial charge in [0.15, 0.2) is 0 Å². The summed E-state index contributed by atoms with van der Waals surface area (Å²) in [4.78, 5) is 0.157. The second-order valence-electron chi connectivity index (χ2n) is 5.37. The van der Waals surface area contributed by atoms with Crippen molar-refractivity contribution < 1.29 is 13.2 Å². The molecular formula is C13H22N2O3S. The molecule has 0 spiro atoms. The molecule has 0 aromatic heterocycles. The Balaban J connectivity index is 3.20. The molecule has 0 amide bonds. The first-order valence-corrected chi connectivity index (χ1v) is 7.53. The van der Waals surface area contributed by atoms with Gasteiger partial charge in [-0.05, 0) is 45.5 Å². The standard InChI is InChI=1S/C13H22N2O3S/c1-13(2,3)15-19(16,17)12-7-6-10(9-14-4)8-11(12)18-5/h6-8,14-15H,9H2,1-5H3. The van der Waals surface area contributed by atoms with E-state index in [1.807, 2.05) is 7.05 Å². The third kappa shape index (κ3) is 4.49. The van der Waals surface area contributed by atoms with Crippen LogP contribution in [0.5, 0.6) is 5.75 Å². The van der Waals surface area contributed by atoms with Gasteiger partial charge in [0.1, 0.15) is 10.6 Å². The molecule has 1 rings (SSSR count). The summed E-state index contributed by atoms with van der Waals surface area (Å²) in [5.74, 6) is 0.351. The highest BCUT2D eigenvalue weighted by molar-refractivity contribution is 7.89. The maximum atomic E-state index is 12.3. The van der Waals surface area contributed by atoms with Gasteiger partial charge in [0.25, 0.3) is 0 Å². The number of sulfonamides is 1. The monoisotopic (exact) mass is 286 g/mol. The molecule has 2 N–H and O–H groups in total. The summed E-state index contributed by atoms with van der Waals surface area (Å²) in [6.45, 7) is 6.05. The Morgan fingerprint density at radius 2 is 1.89 bits per heavy atom. The molecule has 0 saturated carbocycles. The number of hydrogen-bond donors (Lipinski definition) is 2. The number of nitrogens with one attached hydrogen (secondary N) is 2. The first-order chi connectivity index (χ1) is 8.69. The van der Waals surface area contributed by atoms with E-state index in [9.17, 15) is 8.42 Å². The molecule has 108 valence electrons. The van der Waals surface area contributed by atoms with Crippen LogP contribution in [0.1, 0.15) is 26.3 Å². The fraction of sp³-hybridized carbons (Fsp3) is 0.538. The average molecular weight is 286 g/mol. The van der Waals surface area contributed by atoms with Gasteiger partial charge in [0, 0.05) is 12.1 Å². The molecule has 5 nitrogen and oxygen atoms in total. The van der Waals surface area contributed by atoms with Gasteiger partial charge in [-0.1, -0.05) is 6.07 Å². The minimum Gasteiger partial charge on any atom is -0.495 e. The van der Waals surface area contributed by atoms with Gasteiger partial charge in [0.05, 0.1) is 7.11 Å². The van der Waals surface area contributed by atoms with Crippen LogP contribution in [0.25, 0.3) is 0 Å². The Morgan fingerprint density at radius 1 is 1.26 bits per heavy atom. The molecule has 19 heavy (non-hydrogen) atoms. The first-order valence-electron chi connectivity index (χ1n) is 6.05. The van der Waals surface area contributed by atoms with Crippen molar-refractivity contribution in [3.63, 3.8) is 0 Å². The van der Waals surface area contributed by atoms with Crippen LogP contribution in [-0.2, 0) is 16.6 Å². The van der Waals surface area contributed by atoms with Gasteiger partial charge >= 0.3 is 0 Å². The number of hydrogen-bond acceptors (Lipinski definition) is 4. The molecule has 0 fully saturated rings. The second kappa shape index (κ2) is 5.90. The van der Waals surface area contributed by atoms with Crippen molar-refractivity contribution in [2.24, 2.45) is 0 Å². The number of benzene rings is 1. The molecule has 0 aliphatic heterocycles. The lowest BCUT2D eigenvalue weighted by molar-refractivity contribution is 0.400. The Morgan fingerprint density at radius 3 is 2.37 bits per heavy atom. The highest BCUT2D eigenvalue weighted by Crippen LogP contribution is 2.26. The van der Waals surface area contributed by atoms with E-state index in [4.69, 9.17) is 4.74 Å². The predicted molar refractivity (Wildman–Crippen MR) is 75.8 cm³/mol. The van der Waals surface area contributed by atoms with Crippen LogP contribution in [0.2, 0.25) is 0 Å². The summed E-state index contributed by atoms with van der Waals surface area (Å²) in [5, 5.41) is 3.01. The Kier molecular flexibility index (Phi) is 4.95. The zero-order chi connectivity index (χ0) is 14.7. The van der Waals surface area contributed by atoms with Gasteiger partial charge in [-0.25, -0.2) is 13.1 Å². The van der Waals surface area contributed by atoms with E-state index in [-0.39, 0.29) is 4.90 Å². The smallest absolute Gasteiger partial charge is 0.244 e. The van der Waals surface area contributed by atoms with Crippen LogP contribution in [0.3, 0.4) is 0 Å². The van der Waals surface area contributed by atoms with Gasteiger partial charge in [0.2, 0.25) is 10.0 Å². The molecule has 0 radical (unpaired) electrons. The molecule has 1 aromatic carbocycles. The van der Waals surface area contributed by atoms with Crippen LogP contribution in [0.4, 0.5) is 0 Å². The van der Waals surface area contributed by atoms with Crippen LogP contribution in [0, 0.1) is 0 Å². The van der Waals surface area contributed by atoms with E-state index >= 15 is 0 Å². The Labute approximate surface area is 115 Å². The molecule has 0 saturated heterocycles. The molecule has 0 unspecified atom stereocenters. The quantitative estimate of drug-likeness (QED) is 0.860. The average Bonchev–Trinajstić information content (AvgIpc) is 2.25. The van der Waals surface area contributed by atoms with Crippen LogP contribution in [0.15, 0.2) is 23.1 Å². The van der Waals surface area contributed by atoms with Crippen molar-refractivity contribution >= 4 is 10.0 Å². The highest BCUT2D eigenvalue weighted by atomic mass is 32.2. The molecule has 6 heteroatoms. The lowest BCUT2D eigenvalue weighted by atomic mass is 10.1. The number of ether oxygens (including phenoxy) is 1. The van der Waals surface area contributed by atoms with E-state index in [2.05, 4.69) is 10.0 Å². The molecule has 0 aliphatic carbocycles. The SMILES string of the molecule is CNCc1ccc(S(=O)(=O)NC(C)(C)C)c(OC)c1. The van der Waals surface area contributed by atoms with Crippen LogP contribution < -0.4 is 14.8 Å². The third-order valence-electron chi connectivity index (χ3n) is 2.34. The Hall–Kier alpha value is -1.11. The molecule has 1 aromatic rings. The lowest BCUT2D eigenvalue weighted by Crippen LogP contribution is -2.40. The van der Waals surface area contributed by atoms with E-state index in [0.717, 1.165) is 5.56 Å². The molecule has 0 bridgehead atoms. The van der Waals surface area contributed by atoms with Gasteiger partial charge in [-0.3, -0.25) is 0 Å². The van der Waals surface area contributed by atoms with Crippen molar-refractivity contribution in [2.75, 3.05) is 14.2 Å². The molecule has 0 atom stereocenters. The largest absolute Gasteiger partial charge is 0.495 e. The van der Waals surface area contributed by atoms with Crippen LogP contribution in [-0.4, -0.2) is 28.1 Å². The lowest BCUT2D eigenvalue weighted by Gasteiger charge is -2.21. The van der Waals surface area contributed by atoms with Crippen molar-refractivity contribution in [3.8, 4) is 5.75 Å². The zero-order valence-corrected chi connectivity index (χ0v) is 12.9. The minimum atomic E-state index is -3.59. The second-order valence-corrected chi connectivity index (χ2v) is 7.02. The van der Waals surface area contributed by atoms with Crippen molar-refractivity contribution in [3.05, 3.63) is 23.8 Å². The maximum absolute atomic E-state index is 12.3. The van der Waals surface area contributed by atoms with E-state index in [1.165, 1.54) is 7.11 Å². The maximum Gasteiger partial charge on any atom is 0.244 e. The summed E-state index contributed by atoms with van der Waals surface area (Å²) in [7, 11) is -0.289. The summed E-state index contributed by atoms with van der Waals surface area (Å²) < 4.78 is 32.4. The summed E-state index contributed by atoms with van der Waals surface area (Å²) in [6, 6.07) is 5.07. The first kappa shape index (κ1) is 15.9. The number of rotatable bonds is 5. The van der Waals surface area contributed by atoms with Crippen molar-refractivity contribution in [1.82, 2.24) is 10.0 Å². The van der Waals surface area contributed by atoms with Crippen molar-refractivity contribution in [1.29, 1.82) is 0 Å². The fourth-order valence-electron chi connectivity index (χ4n) is 1.71. The minimum absolute atomic E-state index is 0.157. The van der Waals surface area contributed by atoms with E-state index in [0.29, 0.717) is 12.3 Å².